The van der Waals surface area contributed by atoms with Crippen molar-refractivity contribution in [2.75, 3.05) is 6.61 Å². The quantitative estimate of drug-likeness (QED) is 0.309. The van der Waals surface area contributed by atoms with Crippen LogP contribution in [0, 0.1) is 0 Å². The van der Waals surface area contributed by atoms with Gasteiger partial charge in [-0.25, -0.2) is 4.79 Å². The van der Waals surface area contributed by atoms with E-state index in [1.165, 1.54) is 0 Å². The number of halogens is 1. The molecule has 3 rings (SSSR count). The standard InChI is InChI=1S/C17H17IN2O6S/c1-8(18)9-4-2-3-5-10(9)26-7-11(21)19-16-15(23)14(17(24)25)20-12(22)6-13(20)27-16/h2-5,8,13,16,23H,6-7H2,1H3,(H,19,21)(H,24,25)/t8?,13-,16?/m1/s1. The van der Waals surface area contributed by atoms with Crippen molar-refractivity contribution in [3.05, 3.63) is 41.3 Å². The number of thioether (sulfide) groups is 1. The number of aliphatic hydroxyl groups is 1. The molecule has 1 saturated heterocycles. The second-order valence-corrected chi connectivity index (χ2v) is 9.14. The van der Waals surface area contributed by atoms with Crippen LogP contribution in [0.1, 0.15) is 22.8 Å². The van der Waals surface area contributed by atoms with Gasteiger partial charge in [-0.2, -0.15) is 0 Å². The van der Waals surface area contributed by atoms with Gasteiger partial charge in [-0.1, -0.05) is 40.8 Å². The van der Waals surface area contributed by atoms with Gasteiger partial charge in [0.2, 0.25) is 5.91 Å². The molecule has 0 bridgehead atoms. The molecule has 1 fully saturated rings. The molecule has 8 nitrogen and oxygen atoms in total. The van der Waals surface area contributed by atoms with E-state index in [-0.39, 0.29) is 22.9 Å². The summed E-state index contributed by atoms with van der Waals surface area (Å²) in [6.07, 6.45) is 0.165. The molecule has 0 aromatic heterocycles. The SMILES string of the molecule is CC(I)c1ccccc1OCC(=O)NC1S[C@@H]2CC(=O)N2C(C(=O)O)=C1O. The van der Waals surface area contributed by atoms with Crippen molar-refractivity contribution in [2.45, 2.75) is 28.0 Å². The van der Waals surface area contributed by atoms with Crippen molar-refractivity contribution in [3.63, 3.8) is 0 Å². The number of nitrogens with one attached hydrogen (secondary N) is 1. The number of nitrogens with zero attached hydrogens (tertiary/aromatic N) is 1. The summed E-state index contributed by atoms with van der Waals surface area (Å²) in [4.78, 5) is 36.3. The fraction of sp³-hybridized carbons (Fsp3) is 0.353. The van der Waals surface area contributed by atoms with Gasteiger partial charge in [0, 0.05) is 9.49 Å². The highest BCUT2D eigenvalue weighted by Crippen LogP contribution is 2.42. The summed E-state index contributed by atoms with van der Waals surface area (Å²) < 4.78 is 5.78. The number of carbonyl (C=O) groups excluding carboxylic acids is 2. The highest BCUT2D eigenvalue weighted by atomic mass is 127. The van der Waals surface area contributed by atoms with Crippen LogP contribution in [0.2, 0.25) is 0 Å². The molecule has 144 valence electrons. The molecule has 3 N–H and O–H groups in total. The van der Waals surface area contributed by atoms with Gasteiger partial charge in [0.15, 0.2) is 18.1 Å². The van der Waals surface area contributed by atoms with Crippen LogP contribution in [-0.4, -0.2) is 50.3 Å². The molecule has 10 heteroatoms. The van der Waals surface area contributed by atoms with E-state index in [0.29, 0.717) is 5.75 Å². The number of ether oxygens (including phenoxy) is 1. The Morgan fingerprint density at radius 3 is 2.78 bits per heavy atom. The molecule has 1 aromatic rings. The van der Waals surface area contributed by atoms with Gasteiger partial charge in [-0.3, -0.25) is 14.5 Å². The fourth-order valence-electron chi connectivity index (χ4n) is 2.82. The summed E-state index contributed by atoms with van der Waals surface area (Å²) in [5, 5.41) is 20.7. The van der Waals surface area contributed by atoms with Gasteiger partial charge < -0.3 is 20.3 Å². The molecule has 2 aliphatic heterocycles. The minimum atomic E-state index is -1.41. The van der Waals surface area contributed by atoms with E-state index in [4.69, 9.17) is 4.74 Å². The number of carboxylic acid groups (broad SMARTS) is 1. The van der Waals surface area contributed by atoms with Gasteiger partial charge in [0.05, 0.1) is 11.8 Å². The average molecular weight is 504 g/mol. The van der Waals surface area contributed by atoms with Crippen molar-refractivity contribution in [1.82, 2.24) is 10.2 Å². The first kappa shape index (κ1) is 19.8. The molecule has 2 heterocycles. The van der Waals surface area contributed by atoms with Gasteiger partial charge in [-0.05, 0) is 13.0 Å². The lowest BCUT2D eigenvalue weighted by Crippen LogP contribution is -2.57. The lowest BCUT2D eigenvalue weighted by atomic mass is 10.1. The molecule has 3 atom stereocenters. The number of carbonyl (C=O) groups is 3. The summed E-state index contributed by atoms with van der Waals surface area (Å²) in [5.41, 5.74) is 0.475. The maximum atomic E-state index is 12.2. The molecule has 2 amide bonds. The number of hydrogen-bond donors (Lipinski definition) is 3. The summed E-state index contributed by atoms with van der Waals surface area (Å²) >= 11 is 3.37. The van der Waals surface area contributed by atoms with Gasteiger partial charge in [0.1, 0.15) is 11.1 Å². The maximum absolute atomic E-state index is 12.2. The number of benzene rings is 1. The Morgan fingerprint density at radius 1 is 1.44 bits per heavy atom. The molecule has 0 radical (unpaired) electrons. The van der Waals surface area contributed by atoms with E-state index in [2.05, 4.69) is 27.9 Å². The van der Waals surface area contributed by atoms with Crippen molar-refractivity contribution < 1.29 is 29.3 Å². The smallest absolute Gasteiger partial charge is 0.356 e. The Bertz CT molecular complexity index is 827. The highest BCUT2D eigenvalue weighted by molar-refractivity contribution is 14.1. The fourth-order valence-corrected chi connectivity index (χ4v) is 4.67. The maximum Gasteiger partial charge on any atom is 0.356 e. The largest absolute Gasteiger partial charge is 0.507 e. The molecular formula is C17H17IN2O6S. The number of hydrogen-bond acceptors (Lipinski definition) is 6. The predicted molar refractivity (Wildman–Crippen MR) is 106 cm³/mol. The summed E-state index contributed by atoms with van der Waals surface area (Å²) in [7, 11) is 0. The van der Waals surface area contributed by atoms with E-state index in [1.54, 1.807) is 6.07 Å². The van der Waals surface area contributed by atoms with Gasteiger partial charge in [0.25, 0.3) is 5.91 Å². The number of fused-ring (bicyclic) bond motifs is 1. The number of para-hydroxylation sites is 1. The lowest BCUT2D eigenvalue weighted by molar-refractivity contribution is -0.146. The Labute approximate surface area is 173 Å². The normalized spacial score (nSPS) is 22.6. The number of aliphatic carboxylic acids is 1. The van der Waals surface area contributed by atoms with Gasteiger partial charge in [-0.15, -0.1) is 11.8 Å². The van der Waals surface area contributed by atoms with Crippen LogP contribution in [0.3, 0.4) is 0 Å². The summed E-state index contributed by atoms with van der Waals surface area (Å²) in [6.45, 7) is 1.73. The third-order valence-electron chi connectivity index (χ3n) is 4.13. The highest BCUT2D eigenvalue weighted by Gasteiger charge is 2.49. The van der Waals surface area contributed by atoms with Crippen LogP contribution in [0.25, 0.3) is 0 Å². The minimum absolute atomic E-state index is 0.165. The number of amides is 2. The van der Waals surface area contributed by atoms with E-state index < -0.39 is 34.1 Å². The zero-order chi connectivity index (χ0) is 19.7. The molecule has 0 spiro atoms. The minimum Gasteiger partial charge on any atom is -0.507 e. The van der Waals surface area contributed by atoms with Crippen LogP contribution in [0.5, 0.6) is 5.75 Å². The second kappa shape index (κ2) is 7.97. The van der Waals surface area contributed by atoms with Crippen molar-refractivity contribution in [2.24, 2.45) is 0 Å². The molecule has 0 saturated carbocycles. The molecular weight excluding hydrogens is 487 g/mol. The van der Waals surface area contributed by atoms with E-state index in [0.717, 1.165) is 22.2 Å². The second-order valence-electron chi connectivity index (χ2n) is 5.99. The van der Waals surface area contributed by atoms with Crippen molar-refractivity contribution >= 4 is 52.1 Å². The number of carboxylic acids is 1. The van der Waals surface area contributed by atoms with E-state index in [1.807, 2.05) is 25.1 Å². The number of aliphatic hydroxyl groups excluding tert-OH is 1. The van der Waals surface area contributed by atoms with Crippen LogP contribution >= 0.6 is 34.4 Å². The molecule has 2 unspecified atom stereocenters. The average Bonchev–Trinajstić information content (AvgIpc) is 2.61. The van der Waals surface area contributed by atoms with Crippen LogP contribution in [-0.2, 0) is 14.4 Å². The summed E-state index contributed by atoms with van der Waals surface area (Å²) in [6, 6.07) is 7.38. The molecule has 0 aliphatic carbocycles. The number of alkyl halides is 1. The third-order valence-corrected chi connectivity index (χ3v) is 6.11. The first-order valence-corrected chi connectivity index (χ1v) is 10.3. The summed E-state index contributed by atoms with van der Waals surface area (Å²) in [5.74, 6) is -2.24. The number of rotatable bonds is 6. The monoisotopic (exact) mass is 504 g/mol. The predicted octanol–water partition coefficient (Wildman–Crippen LogP) is 2.16. The Kier molecular flexibility index (Phi) is 5.84. The van der Waals surface area contributed by atoms with Crippen molar-refractivity contribution in [1.29, 1.82) is 0 Å². The first-order chi connectivity index (χ1) is 12.8. The number of β-lactam (4-membered cyclic amide) rings is 1. The Morgan fingerprint density at radius 2 is 2.15 bits per heavy atom. The van der Waals surface area contributed by atoms with Crippen LogP contribution < -0.4 is 10.1 Å². The lowest BCUT2D eigenvalue weighted by Gasteiger charge is -2.45. The Hall–Kier alpha value is -1.95. The zero-order valence-corrected chi connectivity index (χ0v) is 17.2. The van der Waals surface area contributed by atoms with Crippen LogP contribution in [0.15, 0.2) is 35.7 Å². The topological polar surface area (TPSA) is 116 Å². The molecule has 27 heavy (non-hydrogen) atoms. The van der Waals surface area contributed by atoms with E-state index in [9.17, 15) is 24.6 Å². The first-order valence-electron chi connectivity index (χ1n) is 8.08. The molecule has 1 aromatic carbocycles. The van der Waals surface area contributed by atoms with Crippen LogP contribution in [0.4, 0.5) is 0 Å². The molecule has 2 aliphatic rings. The third kappa shape index (κ3) is 4.00. The zero-order valence-electron chi connectivity index (χ0n) is 14.2. The van der Waals surface area contributed by atoms with E-state index >= 15 is 0 Å². The van der Waals surface area contributed by atoms with Gasteiger partial charge >= 0.3 is 5.97 Å². The van der Waals surface area contributed by atoms with Crippen molar-refractivity contribution in [3.8, 4) is 5.75 Å². The Balaban J connectivity index is 1.67.